The summed E-state index contributed by atoms with van der Waals surface area (Å²) in [6, 6.07) is 24.2. The van der Waals surface area contributed by atoms with Gasteiger partial charge < -0.3 is 5.32 Å². The molecule has 1 atom stereocenters. The minimum atomic E-state index is -0.307. The Balaban J connectivity index is 1.63. The maximum Gasteiger partial charge on any atom is 0.270 e. The number of hydrogen-bond donors (Lipinski definition) is 1. The van der Waals surface area contributed by atoms with Gasteiger partial charge in [-0.3, -0.25) is 4.79 Å². The predicted octanol–water partition coefficient (Wildman–Crippen LogP) is 6.05. The molecule has 4 aromatic rings. The Kier molecular flexibility index (Phi) is 6.68. The Morgan fingerprint density at radius 2 is 1.73 bits per heavy atom. The maximum absolute atomic E-state index is 13.4. The summed E-state index contributed by atoms with van der Waals surface area (Å²) in [6.45, 7) is 6.03. The molecular formula is C28H28FN3O. The number of carbonyl (C=O) groups is 1. The van der Waals surface area contributed by atoms with E-state index in [1.54, 1.807) is 22.9 Å². The monoisotopic (exact) mass is 441 g/mol. The van der Waals surface area contributed by atoms with Crippen molar-refractivity contribution in [2.75, 3.05) is 0 Å². The van der Waals surface area contributed by atoms with Gasteiger partial charge in [-0.15, -0.1) is 0 Å². The zero-order valence-corrected chi connectivity index (χ0v) is 19.2. The lowest BCUT2D eigenvalue weighted by molar-refractivity contribution is 0.0930. The third kappa shape index (κ3) is 5.37. The smallest absolute Gasteiger partial charge is 0.270 e. The van der Waals surface area contributed by atoms with E-state index in [0.717, 1.165) is 35.2 Å². The predicted molar refractivity (Wildman–Crippen MR) is 130 cm³/mol. The fraction of sp³-hybridized carbons (Fsp3) is 0.214. The van der Waals surface area contributed by atoms with Gasteiger partial charge in [0.25, 0.3) is 5.91 Å². The van der Waals surface area contributed by atoms with Crippen LogP contribution >= 0.6 is 0 Å². The molecule has 0 fully saturated rings. The van der Waals surface area contributed by atoms with E-state index in [1.165, 1.54) is 17.7 Å². The van der Waals surface area contributed by atoms with Crippen molar-refractivity contribution in [3.05, 3.63) is 107 Å². The molecule has 3 aromatic carbocycles. The molecule has 0 bridgehead atoms. The van der Waals surface area contributed by atoms with E-state index in [0.29, 0.717) is 11.4 Å². The second-order valence-electron chi connectivity index (χ2n) is 8.52. The molecule has 1 unspecified atom stereocenters. The lowest BCUT2D eigenvalue weighted by atomic mass is 10.1. The van der Waals surface area contributed by atoms with Gasteiger partial charge in [-0.2, -0.15) is 5.10 Å². The molecular weight excluding hydrogens is 413 g/mol. The van der Waals surface area contributed by atoms with Crippen molar-refractivity contribution in [1.82, 2.24) is 15.1 Å². The van der Waals surface area contributed by atoms with Gasteiger partial charge in [0.1, 0.15) is 11.5 Å². The molecule has 0 aliphatic rings. The zero-order chi connectivity index (χ0) is 23.4. The molecule has 5 heteroatoms. The molecule has 1 aromatic heterocycles. The third-order valence-corrected chi connectivity index (χ3v) is 5.76. The van der Waals surface area contributed by atoms with Crippen molar-refractivity contribution in [3.8, 4) is 16.9 Å². The van der Waals surface area contributed by atoms with Crippen LogP contribution in [0.2, 0.25) is 0 Å². The molecule has 0 radical (unpaired) electrons. The van der Waals surface area contributed by atoms with Crippen molar-refractivity contribution < 1.29 is 9.18 Å². The summed E-state index contributed by atoms with van der Waals surface area (Å²) in [5.41, 5.74) is 6.03. The summed E-state index contributed by atoms with van der Waals surface area (Å²) in [4.78, 5) is 13.3. The Bertz CT molecular complexity index is 1250. The van der Waals surface area contributed by atoms with Crippen LogP contribution in [0.25, 0.3) is 16.9 Å². The van der Waals surface area contributed by atoms with Crippen molar-refractivity contribution in [2.24, 2.45) is 0 Å². The second-order valence-corrected chi connectivity index (χ2v) is 8.52. The van der Waals surface area contributed by atoms with Gasteiger partial charge in [-0.25, -0.2) is 9.07 Å². The number of aromatic nitrogens is 2. The molecule has 33 heavy (non-hydrogen) atoms. The molecule has 0 spiro atoms. The van der Waals surface area contributed by atoms with Crippen molar-refractivity contribution in [3.63, 3.8) is 0 Å². The summed E-state index contributed by atoms with van der Waals surface area (Å²) in [6.07, 6.45) is 1.72. The average Bonchev–Trinajstić information content (AvgIpc) is 3.26. The summed E-state index contributed by atoms with van der Waals surface area (Å²) < 4.78 is 15.1. The SMILES string of the molecule is Cc1ccc(C)c(-n2nc(-c3ccc(F)cc3)cc2C(=O)NC(C)CCc2ccccc2)c1. The Morgan fingerprint density at radius 3 is 2.45 bits per heavy atom. The molecule has 168 valence electrons. The van der Waals surface area contributed by atoms with Crippen molar-refractivity contribution in [2.45, 2.75) is 39.7 Å². The minimum Gasteiger partial charge on any atom is -0.348 e. The van der Waals surface area contributed by atoms with Gasteiger partial charge in [-0.1, -0.05) is 42.5 Å². The summed E-state index contributed by atoms with van der Waals surface area (Å²) in [5, 5.41) is 7.86. The van der Waals surface area contributed by atoms with Crippen LogP contribution in [-0.2, 0) is 6.42 Å². The van der Waals surface area contributed by atoms with Crippen LogP contribution in [0.5, 0.6) is 0 Å². The lowest BCUT2D eigenvalue weighted by Gasteiger charge is -2.15. The zero-order valence-electron chi connectivity index (χ0n) is 19.2. The number of aryl methyl sites for hydroxylation is 3. The maximum atomic E-state index is 13.4. The number of hydrogen-bond acceptors (Lipinski definition) is 2. The number of amides is 1. The lowest BCUT2D eigenvalue weighted by Crippen LogP contribution is -2.34. The minimum absolute atomic E-state index is 0.00562. The van der Waals surface area contributed by atoms with Gasteiger partial charge in [0, 0.05) is 11.6 Å². The molecule has 0 saturated heterocycles. The van der Waals surface area contributed by atoms with Gasteiger partial charge in [0.05, 0.1) is 11.4 Å². The Hall–Kier alpha value is -3.73. The quantitative estimate of drug-likeness (QED) is 0.380. The summed E-state index contributed by atoms with van der Waals surface area (Å²) in [5.74, 6) is -0.491. The fourth-order valence-electron chi connectivity index (χ4n) is 3.83. The molecule has 0 aliphatic carbocycles. The van der Waals surface area contributed by atoms with Crippen LogP contribution in [0.15, 0.2) is 78.9 Å². The number of rotatable bonds is 7. The summed E-state index contributed by atoms with van der Waals surface area (Å²) in [7, 11) is 0. The molecule has 4 rings (SSSR count). The van der Waals surface area contributed by atoms with Gasteiger partial charge >= 0.3 is 0 Å². The van der Waals surface area contributed by atoms with Gasteiger partial charge in [-0.05, 0) is 86.7 Å². The van der Waals surface area contributed by atoms with Gasteiger partial charge in [0.15, 0.2) is 0 Å². The van der Waals surface area contributed by atoms with E-state index in [1.807, 2.05) is 57.2 Å². The second kappa shape index (κ2) is 9.82. The number of carbonyl (C=O) groups excluding carboxylic acids is 1. The first-order valence-electron chi connectivity index (χ1n) is 11.2. The molecule has 1 N–H and O–H groups in total. The van der Waals surface area contributed by atoms with E-state index in [9.17, 15) is 9.18 Å². The van der Waals surface area contributed by atoms with Gasteiger partial charge in [0.2, 0.25) is 0 Å². The Labute approximate surface area is 194 Å². The van der Waals surface area contributed by atoms with Crippen LogP contribution in [0.3, 0.4) is 0 Å². The summed E-state index contributed by atoms with van der Waals surface area (Å²) >= 11 is 0. The van der Waals surface area contributed by atoms with Crippen LogP contribution < -0.4 is 5.32 Å². The van der Waals surface area contributed by atoms with E-state index >= 15 is 0 Å². The topological polar surface area (TPSA) is 46.9 Å². The molecule has 0 saturated carbocycles. The van der Waals surface area contributed by atoms with E-state index in [4.69, 9.17) is 5.10 Å². The van der Waals surface area contributed by atoms with E-state index < -0.39 is 0 Å². The largest absolute Gasteiger partial charge is 0.348 e. The molecule has 1 amide bonds. The van der Waals surface area contributed by atoms with Crippen LogP contribution in [0.1, 0.15) is 40.5 Å². The third-order valence-electron chi connectivity index (χ3n) is 5.76. The average molecular weight is 442 g/mol. The number of nitrogens with zero attached hydrogens (tertiary/aromatic N) is 2. The fourth-order valence-corrected chi connectivity index (χ4v) is 3.83. The molecule has 4 nitrogen and oxygen atoms in total. The first-order chi connectivity index (χ1) is 15.9. The van der Waals surface area contributed by atoms with Crippen LogP contribution in [-0.4, -0.2) is 21.7 Å². The highest BCUT2D eigenvalue weighted by Crippen LogP contribution is 2.24. The standard InChI is InChI=1S/C28H28FN3O/c1-19-9-10-20(2)26(17-19)32-27(18-25(31-32)23-13-15-24(29)16-14-23)28(33)30-21(3)11-12-22-7-5-4-6-8-22/h4-10,13-18,21H,11-12H2,1-3H3,(H,30,33). The first kappa shape index (κ1) is 22.5. The van der Waals surface area contributed by atoms with Crippen LogP contribution in [0.4, 0.5) is 4.39 Å². The van der Waals surface area contributed by atoms with Crippen molar-refractivity contribution >= 4 is 5.91 Å². The number of nitrogens with one attached hydrogen (secondary N) is 1. The highest BCUT2D eigenvalue weighted by Gasteiger charge is 2.20. The highest BCUT2D eigenvalue weighted by molar-refractivity contribution is 5.94. The highest BCUT2D eigenvalue weighted by atomic mass is 19.1. The molecule has 1 heterocycles. The van der Waals surface area contributed by atoms with E-state index in [2.05, 4.69) is 17.4 Å². The number of benzene rings is 3. The Morgan fingerprint density at radius 1 is 1.00 bits per heavy atom. The first-order valence-corrected chi connectivity index (χ1v) is 11.2. The van der Waals surface area contributed by atoms with E-state index in [-0.39, 0.29) is 17.8 Å². The van der Waals surface area contributed by atoms with Crippen LogP contribution in [0, 0.1) is 19.7 Å². The van der Waals surface area contributed by atoms with Crippen molar-refractivity contribution in [1.29, 1.82) is 0 Å². The normalized spacial score (nSPS) is 11.9. The molecule has 0 aliphatic heterocycles. The number of halogens is 1.